The highest BCUT2D eigenvalue weighted by Gasteiger charge is 2.40. The number of rotatable bonds is 28. The highest BCUT2D eigenvalue weighted by molar-refractivity contribution is 8.76. The van der Waals surface area contributed by atoms with Crippen LogP contribution in [0.4, 0.5) is 0 Å². The molecule has 14 N–H and O–H groups in total. The Morgan fingerprint density at radius 3 is 2.21 bits per heavy atom. The molecule has 0 unspecified atom stereocenters. The van der Waals surface area contributed by atoms with E-state index >= 15 is 0 Å². The predicted molar refractivity (Wildman–Crippen MR) is 239 cm³/mol. The number of aromatic amines is 1. The Hall–Kier alpha value is -5.69. The maximum Gasteiger partial charge on any atom is 0.305 e. The lowest BCUT2D eigenvalue weighted by Gasteiger charge is -2.30. The van der Waals surface area contributed by atoms with Gasteiger partial charge in [0.2, 0.25) is 41.4 Å². The summed E-state index contributed by atoms with van der Waals surface area (Å²) in [5.41, 5.74) is 17.5. The van der Waals surface area contributed by atoms with Gasteiger partial charge in [-0.15, -0.1) is 0 Å². The van der Waals surface area contributed by atoms with E-state index in [0.29, 0.717) is 36.3 Å². The van der Waals surface area contributed by atoms with Crippen LogP contribution < -0.4 is 43.8 Å². The summed E-state index contributed by atoms with van der Waals surface area (Å²) in [6.07, 6.45) is 2.26. The molecule has 25 heteroatoms. The van der Waals surface area contributed by atoms with Crippen molar-refractivity contribution in [3.63, 3.8) is 0 Å². The van der Waals surface area contributed by atoms with Crippen LogP contribution in [-0.2, 0) is 49.6 Å². The molecule has 0 aliphatic carbocycles. The molecule has 0 saturated carbocycles. The number of benzene rings is 1. The Labute approximate surface area is 376 Å². The highest BCUT2D eigenvalue weighted by atomic mass is 33.1. The predicted octanol–water partition coefficient (Wildman–Crippen LogP) is -1.66. The largest absolute Gasteiger partial charge is 0.481 e. The number of H-pyrrole nitrogens is 1. The first-order chi connectivity index (χ1) is 30.0. The summed E-state index contributed by atoms with van der Waals surface area (Å²) in [4.78, 5) is 123. The smallest absolute Gasteiger partial charge is 0.305 e. The van der Waals surface area contributed by atoms with Crippen LogP contribution in [0.5, 0.6) is 0 Å². The first kappa shape index (κ1) is 51.7. The van der Waals surface area contributed by atoms with Gasteiger partial charge in [-0.2, -0.15) is 12.6 Å². The lowest BCUT2D eigenvalue weighted by molar-refractivity contribution is -0.143. The van der Waals surface area contributed by atoms with Gasteiger partial charge in [-0.1, -0.05) is 39.8 Å². The zero-order chi connectivity index (χ0) is 46.5. The van der Waals surface area contributed by atoms with Crippen molar-refractivity contribution in [3.8, 4) is 0 Å². The van der Waals surface area contributed by atoms with Gasteiger partial charge in [0.1, 0.15) is 30.2 Å². The Balaban J connectivity index is 1.74. The first-order valence-electron chi connectivity index (χ1n) is 20.0. The quantitative estimate of drug-likeness (QED) is 0.0149. The molecule has 346 valence electrons. The van der Waals surface area contributed by atoms with Crippen LogP contribution in [0.1, 0.15) is 56.9 Å². The Morgan fingerprint density at radius 1 is 0.841 bits per heavy atom. The van der Waals surface area contributed by atoms with Crippen LogP contribution >= 0.6 is 34.2 Å². The molecular weight excluding hydrogens is 883 g/mol. The molecule has 1 saturated heterocycles. The number of para-hydroxylation sites is 1. The maximum atomic E-state index is 14.3. The van der Waals surface area contributed by atoms with Gasteiger partial charge in [-0.25, -0.2) is 0 Å². The minimum atomic E-state index is -1.73. The molecule has 0 bridgehead atoms. The van der Waals surface area contributed by atoms with E-state index in [-0.39, 0.29) is 56.9 Å². The average molecular weight is 938 g/mol. The van der Waals surface area contributed by atoms with E-state index in [1.165, 1.54) is 26.5 Å². The second-order valence-electron chi connectivity index (χ2n) is 14.4. The summed E-state index contributed by atoms with van der Waals surface area (Å²) in [5, 5.41) is 31.7. The molecule has 7 amide bonds. The van der Waals surface area contributed by atoms with Gasteiger partial charge < -0.3 is 63.9 Å². The number of nitrogens with one attached hydrogen (secondary N) is 6. The molecule has 3 rings (SSSR count). The number of carbonyl (C=O) groups is 9. The summed E-state index contributed by atoms with van der Waals surface area (Å²) in [5.74, 6) is -7.28. The topological polar surface area (TPSA) is 364 Å². The fraction of sp³-hybridized carbons (Fsp3) is 0.526. The minimum absolute atomic E-state index is 0.0101. The number of nitrogens with zero attached hydrogens (tertiary/aromatic N) is 2. The van der Waals surface area contributed by atoms with E-state index in [1.54, 1.807) is 24.4 Å². The second-order valence-corrected chi connectivity index (χ2v) is 17.4. The average Bonchev–Trinajstić information content (AvgIpc) is 3.89. The molecule has 0 spiro atoms. The van der Waals surface area contributed by atoms with Crippen molar-refractivity contribution in [1.29, 1.82) is 0 Å². The monoisotopic (exact) mass is 937 g/mol. The van der Waals surface area contributed by atoms with Crippen molar-refractivity contribution >= 4 is 104 Å². The summed E-state index contributed by atoms with van der Waals surface area (Å²) >= 11 is 4.06. The summed E-state index contributed by atoms with van der Waals surface area (Å²) in [6.45, 7) is -0.335. The molecule has 2 aromatic rings. The number of aliphatic carboxylic acids is 2. The first-order valence-corrected chi connectivity index (χ1v) is 23.1. The van der Waals surface area contributed by atoms with Gasteiger partial charge >= 0.3 is 11.9 Å². The fourth-order valence-corrected chi connectivity index (χ4v) is 8.72. The number of hydrogen-bond donors (Lipinski definition) is 12. The van der Waals surface area contributed by atoms with Gasteiger partial charge in [0.05, 0.1) is 19.4 Å². The van der Waals surface area contributed by atoms with Crippen molar-refractivity contribution < 1.29 is 53.4 Å². The number of guanidine groups is 1. The van der Waals surface area contributed by atoms with E-state index in [0.717, 1.165) is 10.9 Å². The van der Waals surface area contributed by atoms with E-state index in [1.807, 2.05) is 6.07 Å². The summed E-state index contributed by atoms with van der Waals surface area (Å²) < 4.78 is 0. The van der Waals surface area contributed by atoms with Gasteiger partial charge in [-0.05, 0) is 43.7 Å². The van der Waals surface area contributed by atoms with E-state index < -0.39 is 96.5 Å². The number of aliphatic imine (C=N–C) groups is 1. The molecule has 1 aliphatic heterocycles. The second kappa shape index (κ2) is 26.7. The standard InChI is InChI=1S/C38H55N11O11S3/c39-33(56)27(20-61)48-36(59)28-9-5-13-49(28)37(60)26(16-21-18-43-23-7-2-1-6-22(21)23)47-35(58)25(17-32(54)55)46-30(51)19-44-34(57)24(8-3-4-12-42-38(40)41)45-29(50)10-14-62-63-15-11-31(52)53/h1-2,6-7,18,24-28,43,61H,3-5,8-17,19-20H2,(H2,39,56)(H,44,57)(H,45,50)(H,46,51)(H,47,58)(H,48,59)(H,52,53)(H,54,55)(H4,40,41,42)/t24-,25-,26-,27-,28-/m0/s1. The number of amides is 7. The third kappa shape index (κ3) is 17.9. The molecule has 22 nitrogen and oxygen atoms in total. The van der Waals surface area contributed by atoms with E-state index in [9.17, 15) is 48.3 Å². The number of aromatic nitrogens is 1. The number of fused-ring (bicyclic) bond motifs is 1. The SMILES string of the molecule is NC(=O)[C@H](CS)NC(=O)[C@@H]1CCCN1C(=O)[C@H](Cc1c[nH]c2ccccc12)NC(=O)[C@H](CC(=O)O)NC(=O)CNC(=O)[C@H](CCCCN=C(N)N)NC(=O)CCSSCCC(=O)O. The maximum absolute atomic E-state index is 14.3. The van der Waals surface area contributed by atoms with Crippen LogP contribution in [0.3, 0.4) is 0 Å². The normalized spacial score (nSPS) is 15.3. The third-order valence-electron chi connectivity index (χ3n) is 9.59. The number of nitrogens with two attached hydrogens (primary N) is 3. The zero-order valence-electron chi connectivity index (χ0n) is 34.3. The van der Waals surface area contributed by atoms with Crippen molar-refractivity contribution in [2.24, 2.45) is 22.2 Å². The van der Waals surface area contributed by atoms with Gasteiger partial charge in [0, 0.05) is 60.3 Å². The van der Waals surface area contributed by atoms with Crippen LogP contribution in [0.25, 0.3) is 10.9 Å². The number of likely N-dealkylation sites (tertiary alicyclic amines) is 1. The Bertz CT molecular complexity index is 1980. The molecule has 0 radical (unpaired) electrons. The lowest BCUT2D eigenvalue weighted by atomic mass is 10.0. The Kier molecular flexibility index (Phi) is 21.9. The van der Waals surface area contributed by atoms with Gasteiger partial charge in [0.15, 0.2) is 5.96 Å². The molecular formula is C38H55N11O11S3. The van der Waals surface area contributed by atoms with Gasteiger partial charge in [0.25, 0.3) is 0 Å². The molecule has 1 aromatic carbocycles. The number of primary amides is 1. The van der Waals surface area contributed by atoms with Crippen molar-refractivity contribution in [2.75, 3.05) is 36.9 Å². The van der Waals surface area contributed by atoms with Crippen LogP contribution in [-0.4, -0.2) is 146 Å². The number of carboxylic acid groups (broad SMARTS) is 2. The van der Waals surface area contributed by atoms with E-state index in [2.05, 4.69) is 49.2 Å². The molecule has 5 atom stereocenters. The number of thiol groups is 1. The number of carbonyl (C=O) groups excluding carboxylic acids is 7. The number of carboxylic acids is 2. The molecule has 1 aliphatic rings. The molecule has 63 heavy (non-hydrogen) atoms. The molecule has 1 fully saturated rings. The minimum Gasteiger partial charge on any atom is -0.481 e. The Morgan fingerprint density at radius 2 is 1.54 bits per heavy atom. The molecule has 1 aromatic heterocycles. The number of hydrogen-bond acceptors (Lipinski definition) is 13. The van der Waals surface area contributed by atoms with Crippen LogP contribution in [0, 0.1) is 0 Å². The van der Waals surface area contributed by atoms with Crippen molar-refractivity contribution in [1.82, 2.24) is 36.5 Å². The number of unbranched alkanes of at least 4 members (excludes halogenated alkanes) is 1. The third-order valence-corrected chi connectivity index (χ3v) is 12.4. The van der Waals surface area contributed by atoms with Crippen LogP contribution in [0.15, 0.2) is 35.5 Å². The lowest BCUT2D eigenvalue weighted by Crippen LogP contribution is -2.59. The summed E-state index contributed by atoms with van der Waals surface area (Å²) in [7, 11) is 2.59. The van der Waals surface area contributed by atoms with Gasteiger partial charge in [-0.3, -0.25) is 48.1 Å². The summed E-state index contributed by atoms with van der Waals surface area (Å²) in [6, 6.07) is 0.864. The van der Waals surface area contributed by atoms with E-state index in [4.69, 9.17) is 22.3 Å². The van der Waals surface area contributed by atoms with Crippen molar-refractivity contribution in [2.45, 2.75) is 88.0 Å². The van der Waals surface area contributed by atoms with Crippen LogP contribution in [0.2, 0.25) is 0 Å². The van der Waals surface area contributed by atoms with Crippen molar-refractivity contribution in [3.05, 3.63) is 36.0 Å². The fourth-order valence-electron chi connectivity index (χ4n) is 6.48. The zero-order valence-corrected chi connectivity index (χ0v) is 36.9. The molecule has 2 heterocycles. The highest BCUT2D eigenvalue weighted by Crippen LogP contribution is 2.24.